The first kappa shape index (κ1) is 32.3. The number of fused-ring (bicyclic) bond motifs is 1. The number of halogens is 1. The van der Waals surface area contributed by atoms with Gasteiger partial charge in [0.25, 0.3) is 5.56 Å². The molecule has 0 radical (unpaired) electrons. The number of aromatic nitrogens is 1. The Morgan fingerprint density at radius 2 is 1.64 bits per heavy atom. The number of nitrogens with zero attached hydrogens (tertiary/aromatic N) is 2. The summed E-state index contributed by atoms with van der Waals surface area (Å²) in [6.07, 6.45) is 3.27. The minimum absolute atomic E-state index is 0.233. The molecule has 5 rings (SSSR count). The molecule has 3 aromatic carbocycles. The van der Waals surface area contributed by atoms with E-state index in [4.69, 9.17) is 23.7 Å². The first-order valence-electron chi connectivity index (χ1n) is 14.5. The number of carbonyl (C=O) groups is 1. The molecule has 11 heteroatoms. The van der Waals surface area contributed by atoms with Crippen LogP contribution in [0.15, 0.2) is 82.2 Å². The van der Waals surface area contributed by atoms with Crippen LogP contribution in [0.5, 0.6) is 23.0 Å². The summed E-state index contributed by atoms with van der Waals surface area (Å²) in [6, 6.07) is 18.3. The fourth-order valence-electron chi connectivity index (χ4n) is 4.94. The standard InChI is InChI=1S/C34H33IN2O7S/c1-5-41-26-14-13-23(18-27(26)42-6-2)30-24(33(39)40-4)19-36-34-37(30)32(38)29(45-34)17-22-15-25(35)31(28(16-22)43-7-3)44-20-21-11-9-8-10-12-21/h8-19,30H,5-7,20H2,1-4H3/b29-17+/t30-/m0/s1. The number of hydrogen-bond acceptors (Lipinski definition) is 9. The molecule has 9 nitrogen and oxygen atoms in total. The number of benzene rings is 3. The molecule has 0 aliphatic carbocycles. The summed E-state index contributed by atoms with van der Waals surface area (Å²) in [5.74, 6) is 1.75. The highest BCUT2D eigenvalue weighted by molar-refractivity contribution is 14.1. The molecular weight excluding hydrogens is 707 g/mol. The quantitative estimate of drug-likeness (QED) is 0.142. The Hall–Kier alpha value is -4.10. The van der Waals surface area contributed by atoms with Crippen molar-refractivity contribution in [2.24, 2.45) is 4.99 Å². The van der Waals surface area contributed by atoms with Gasteiger partial charge < -0.3 is 23.7 Å². The third kappa shape index (κ3) is 7.09. The minimum atomic E-state index is -0.779. The van der Waals surface area contributed by atoms with Crippen molar-refractivity contribution in [1.29, 1.82) is 0 Å². The normalized spacial score (nSPS) is 14.2. The first-order valence-corrected chi connectivity index (χ1v) is 16.4. The van der Waals surface area contributed by atoms with Crippen molar-refractivity contribution in [2.45, 2.75) is 33.4 Å². The van der Waals surface area contributed by atoms with Crippen molar-refractivity contribution < 1.29 is 28.5 Å². The van der Waals surface area contributed by atoms with Gasteiger partial charge >= 0.3 is 5.97 Å². The molecular formula is C34H33IN2O7S. The largest absolute Gasteiger partial charge is 0.490 e. The van der Waals surface area contributed by atoms with Crippen LogP contribution in [-0.4, -0.2) is 37.5 Å². The van der Waals surface area contributed by atoms with Gasteiger partial charge in [0.15, 0.2) is 27.8 Å². The summed E-state index contributed by atoms with van der Waals surface area (Å²) >= 11 is 3.46. The number of ether oxygens (including phenoxy) is 5. The molecule has 0 saturated carbocycles. The molecule has 4 aromatic rings. The summed E-state index contributed by atoms with van der Waals surface area (Å²) in [5, 5.41) is 0. The average molecular weight is 741 g/mol. The Bertz CT molecular complexity index is 1900. The molecule has 1 atom stereocenters. The highest BCUT2D eigenvalue weighted by atomic mass is 127. The lowest BCUT2D eigenvalue weighted by Crippen LogP contribution is -2.39. The van der Waals surface area contributed by atoms with Crippen molar-refractivity contribution in [3.8, 4) is 23.0 Å². The summed E-state index contributed by atoms with van der Waals surface area (Å²) in [5.41, 5.74) is 2.42. The van der Waals surface area contributed by atoms with Gasteiger partial charge in [0, 0.05) is 6.20 Å². The predicted molar refractivity (Wildman–Crippen MR) is 181 cm³/mol. The Balaban J connectivity index is 1.58. The van der Waals surface area contributed by atoms with Crippen LogP contribution in [0.25, 0.3) is 6.08 Å². The number of rotatable bonds is 12. The Morgan fingerprint density at radius 3 is 2.36 bits per heavy atom. The molecule has 0 unspecified atom stereocenters. The van der Waals surface area contributed by atoms with Crippen molar-refractivity contribution in [2.75, 3.05) is 26.9 Å². The maximum Gasteiger partial charge on any atom is 0.337 e. The van der Waals surface area contributed by atoms with Gasteiger partial charge in [-0.15, -0.1) is 0 Å². The van der Waals surface area contributed by atoms with Crippen molar-refractivity contribution in [1.82, 2.24) is 4.57 Å². The van der Waals surface area contributed by atoms with Crippen LogP contribution in [0.1, 0.15) is 43.5 Å². The second-order valence-electron chi connectivity index (χ2n) is 9.79. The van der Waals surface area contributed by atoms with Crippen LogP contribution in [0.3, 0.4) is 0 Å². The lowest BCUT2D eigenvalue weighted by molar-refractivity contribution is -0.136. The van der Waals surface area contributed by atoms with Crippen LogP contribution in [0.4, 0.5) is 0 Å². The van der Waals surface area contributed by atoms with Crippen LogP contribution in [0.2, 0.25) is 0 Å². The maximum absolute atomic E-state index is 14.0. The molecule has 1 aliphatic heterocycles. The van der Waals surface area contributed by atoms with E-state index in [0.29, 0.717) is 64.3 Å². The molecule has 0 N–H and O–H groups in total. The van der Waals surface area contributed by atoms with E-state index in [2.05, 4.69) is 27.6 Å². The van der Waals surface area contributed by atoms with E-state index in [9.17, 15) is 9.59 Å². The van der Waals surface area contributed by atoms with Crippen LogP contribution in [-0.2, 0) is 16.1 Å². The monoisotopic (exact) mass is 740 g/mol. The summed E-state index contributed by atoms with van der Waals surface area (Å²) < 4.78 is 31.6. The second-order valence-corrected chi connectivity index (χ2v) is 12.0. The fourth-order valence-corrected chi connectivity index (χ4v) is 6.69. The van der Waals surface area contributed by atoms with Crippen LogP contribution < -0.4 is 33.8 Å². The number of carbonyl (C=O) groups excluding carboxylic acids is 1. The van der Waals surface area contributed by atoms with Gasteiger partial charge in [0.2, 0.25) is 0 Å². The lowest BCUT2D eigenvalue weighted by Gasteiger charge is -2.23. The molecule has 0 fully saturated rings. The smallest absolute Gasteiger partial charge is 0.337 e. The van der Waals surface area contributed by atoms with Crippen molar-refractivity contribution >= 4 is 46.0 Å². The van der Waals surface area contributed by atoms with E-state index in [-0.39, 0.29) is 11.1 Å². The molecule has 0 spiro atoms. The SMILES string of the molecule is CCOc1ccc([C@H]2C(C(=O)OC)=CN=c3s/c(=C/c4cc(I)c(OCc5ccccc5)c(OCC)c4)c(=O)n32)cc1OCC. The zero-order valence-corrected chi connectivity index (χ0v) is 28.3. The highest BCUT2D eigenvalue weighted by Crippen LogP contribution is 2.36. The zero-order chi connectivity index (χ0) is 31.9. The first-order chi connectivity index (χ1) is 21.9. The highest BCUT2D eigenvalue weighted by Gasteiger charge is 2.31. The third-order valence-electron chi connectivity index (χ3n) is 6.86. The summed E-state index contributed by atoms with van der Waals surface area (Å²) in [7, 11) is 1.31. The van der Waals surface area contributed by atoms with E-state index in [1.807, 2.05) is 69.3 Å². The number of methoxy groups -OCH3 is 1. The van der Waals surface area contributed by atoms with E-state index in [1.54, 1.807) is 18.2 Å². The molecule has 1 aromatic heterocycles. The topological polar surface area (TPSA) is 97.6 Å². The Kier molecular flexibility index (Phi) is 10.6. The second kappa shape index (κ2) is 14.8. The molecule has 0 amide bonds. The Morgan fingerprint density at radius 1 is 0.933 bits per heavy atom. The molecule has 234 valence electrons. The van der Waals surface area contributed by atoms with Gasteiger partial charge in [-0.1, -0.05) is 47.7 Å². The molecule has 0 bridgehead atoms. The van der Waals surface area contributed by atoms with Crippen LogP contribution >= 0.6 is 33.9 Å². The van der Waals surface area contributed by atoms with Gasteiger partial charge in [0.05, 0.1) is 46.6 Å². The number of esters is 1. The molecule has 2 heterocycles. The maximum atomic E-state index is 14.0. The summed E-state index contributed by atoms with van der Waals surface area (Å²) in [6.45, 7) is 7.42. The van der Waals surface area contributed by atoms with E-state index >= 15 is 0 Å². The molecule has 1 aliphatic rings. The van der Waals surface area contributed by atoms with Gasteiger partial charge in [0.1, 0.15) is 6.61 Å². The lowest BCUT2D eigenvalue weighted by atomic mass is 9.97. The van der Waals surface area contributed by atoms with E-state index in [1.165, 1.54) is 29.2 Å². The van der Waals surface area contributed by atoms with E-state index < -0.39 is 12.0 Å². The predicted octanol–water partition coefficient (Wildman–Crippen LogP) is 5.40. The van der Waals surface area contributed by atoms with E-state index in [0.717, 1.165) is 14.7 Å². The van der Waals surface area contributed by atoms with Crippen molar-refractivity contribution in [3.63, 3.8) is 0 Å². The number of hydrogen-bond donors (Lipinski definition) is 0. The van der Waals surface area contributed by atoms with Crippen LogP contribution in [0, 0.1) is 3.57 Å². The number of thiazole rings is 1. The van der Waals surface area contributed by atoms with Gasteiger partial charge in [-0.3, -0.25) is 9.36 Å². The minimum Gasteiger partial charge on any atom is -0.490 e. The third-order valence-corrected chi connectivity index (χ3v) is 8.66. The fraction of sp³-hybridized carbons (Fsp3) is 0.265. The van der Waals surface area contributed by atoms with Gasteiger partial charge in [-0.05, 0) is 90.4 Å². The average Bonchev–Trinajstić information content (AvgIpc) is 3.36. The molecule has 0 saturated heterocycles. The van der Waals surface area contributed by atoms with Crippen molar-refractivity contribution in [3.05, 3.63) is 112 Å². The summed E-state index contributed by atoms with van der Waals surface area (Å²) in [4.78, 5) is 31.9. The zero-order valence-electron chi connectivity index (χ0n) is 25.4. The van der Waals surface area contributed by atoms with Gasteiger partial charge in [-0.2, -0.15) is 0 Å². The molecule has 45 heavy (non-hydrogen) atoms. The Labute approximate surface area is 278 Å². The van der Waals surface area contributed by atoms with Gasteiger partial charge in [-0.25, -0.2) is 9.79 Å².